The van der Waals surface area contributed by atoms with Crippen LogP contribution in [0.1, 0.15) is 20.8 Å². The van der Waals surface area contributed by atoms with Gasteiger partial charge in [0.05, 0.1) is 11.5 Å². The molecule has 1 fully saturated rings. The van der Waals surface area contributed by atoms with Crippen molar-refractivity contribution in [2.24, 2.45) is 0 Å². The van der Waals surface area contributed by atoms with E-state index in [0.29, 0.717) is 57.5 Å². The minimum absolute atomic E-state index is 0.0872. The van der Waals surface area contributed by atoms with Crippen molar-refractivity contribution in [3.05, 3.63) is 16.4 Å². The van der Waals surface area contributed by atoms with Gasteiger partial charge in [-0.25, -0.2) is 14.8 Å². The summed E-state index contributed by atoms with van der Waals surface area (Å²) in [4.78, 5) is 36.5. The first kappa shape index (κ1) is 18.7. The molecule has 0 aromatic carbocycles. The van der Waals surface area contributed by atoms with E-state index in [0.717, 1.165) is 0 Å². The summed E-state index contributed by atoms with van der Waals surface area (Å²) in [5.41, 5.74) is -0.0872. The summed E-state index contributed by atoms with van der Waals surface area (Å²) >= 11 is 0. The lowest BCUT2D eigenvalue weighted by Crippen LogP contribution is -2.49. The highest BCUT2D eigenvalue weighted by Crippen LogP contribution is 2.34. The first-order valence-corrected chi connectivity index (χ1v) is 8.44. The number of hydrogen-bond acceptors (Lipinski definition) is 8. The lowest BCUT2D eigenvalue weighted by atomic mass is 10.3. The smallest absolute Gasteiger partial charge is 0.409 e. The third-order valence-electron chi connectivity index (χ3n) is 4.13. The van der Waals surface area contributed by atoms with Gasteiger partial charge in [0.15, 0.2) is 0 Å². The topological polar surface area (TPSA) is 105 Å². The molecule has 0 spiro atoms. The molecule has 2 heterocycles. The van der Waals surface area contributed by atoms with Crippen LogP contribution in [0.25, 0.3) is 0 Å². The van der Waals surface area contributed by atoms with Crippen LogP contribution in [0.2, 0.25) is 0 Å². The molecule has 1 amide bonds. The Morgan fingerprint density at radius 2 is 1.88 bits per heavy atom. The molecule has 1 aliphatic heterocycles. The van der Waals surface area contributed by atoms with Crippen molar-refractivity contribution in [2.75, 3.05) is 55.7 Å². The Balaban J connectivity index is 2.24. The molecule has 0 aliphatic carbocycles. The van der Waals surface area contributed by atoms with Crippen molar-refractivity contribution in [3.8, 4) is 0 Å². The van der Waals surface area contributed by atoms with Crippen molar-refractivity contribution in [1.29, 1.82) is 0 Å². The molecule has 10 heteroatoms. The van der Waals surface area contributed by atoms with Crippen LogP contribution >= 0.6 is 0 Å². The molecular weight excluding hydrogens is 328 g/mol. The highest BCUT2D eigenvalue weighted by atomic mass is 16.6. The number of piperazine rings is 1. The van der Waals surface area contributed by atoms with Crippen LogP contribution in [0.3, 0.4) is 0 Å². The maximum atomic E-state index is 11.8. The lowest BCUT2D eigenvalue weighted by molar-refractivity contribution is -0.383. The zero-order valence-electron chi connectivity index (χ0n) is 14.8. The van der Waals surface area contributed by atoms with Gasteiger partial charge in [-0.15, -0.1) is 0 Å². The number of carbonyl (C=O) groups is 1. The lowest BCUT2D eigenvalue weighted by Gasteiger charge is -2.34. The Morgan fingerprint density at radius 3 is 2.40 bits per heavy atom. The van der Waals surface area contributed by atoms with E-state index >= 15 is 0 Å². The quantitative estimate of drug-likeness (QED) is 0.560. The second-order valence-electron chi connectivity index (χ2n) is 5.47. The summed E-state index contributed by atoms with van der Waals surface area (Å²) in [5, 5.41) is 11.7. The molecular formula is C15H24N6O4. The molecule has 2 rings (SSSR count). The van der Waals surface area contributed by atoms with Crippen LogP contribution in [-0.2, 0) is 4.74 Å². The number of carbonyl (C=O) groups excluding carboxylic acids is 1. The average Bonchev–Trinajstić information content (AvgIpc) is 2.62. The molecule has 0 atom stereocenters. The minimum Gasteiger partial charge on any atom is -0.450 e. The number of rotatable bonds is 6. The van der Waals surface area contributed by atoms with Gasteiger partial charge in [-0.05, 0) is 20.8 Å². The molecule has 1 aliphatic rings. The SMILES string of the molecule is CCOC(=O)N1CCN(c2ncnc(N(CC)CC)c2[N+](=O)[O-])CC1. The van der Waals surface area contributed by atoms with Gasteiger partial charge in [0.1, 0.15) is 6.33 Å². The number of aromatic nitrogens is 2. The van der Waals surface area contributed by atoms with Gasteiger partial charge in [0.25, 0.3) is 0 Å². The molecule has 10 nitrogen and oxygen atoms in total. The van der Waals surface area contributed by atoms with Gasteiger partial charge < -0.3 is 19.4 Å². The highest BCUT2D eigenvalue weighted by molar-refractivity contribution is 5.72. The molecule has 1 aromatic rings. The molecule has 0 N–H and O–H groups in total. The molecule has 25 heavy (non-hydrogen) atoms. The zero-order chi connectivity index (χ0) is 18.4. The van der Waals surface area contributed by atoms with E-state index in [-0.39, 0.29) is 11.8 Å². The number of ether oxygens (including phenoxy) is 1. The predicted octanol–water partition coefficient (Wildman–Crippen LogP) is 1.51. The first-order valence-electron chi connectivity index (χ1n) is 8.44. The first-order chi connectivity index (χ1) is 12.0. The van der Waals surface area contributed by atoms with E-state index in [1.807, 2.05) is 23.6 Å². The molecule has 0 saturated carbocycles. The summed E-state index contributed by atoms with van der Waals surface area (Å²) in [6, 6.07) is 0. The normalized spacial score (nSPS) is 14.4. The maximum absolute atomic E-state index is 11.8. The van der Waals surface area contributed by atoms with Gasteiger partial charge in [0.2, 0.25) is 11.6 Å². The monoisotopic (exact) mass is 352 g/mol. The number of nitro groups is 1. The molecule has 1 saturated heterocycles. The van der Waals surface area contributed by atoms with Crippen LogP contribution < -0.4 is 9.80 Å². The second kappa shape index (κ2) is 8.45. The minimum atomic E-state index is -0.430. The zero-order valence-corrected chi connectivity index (χ0v) is 14.8. The van der Waals surface area contributed by atoms with Gasteiger partial charge in [-0.2, -0.15) is 0 Å². The number of amides is 1. The van der Waals surface area contributed by atoms with Gasteiger partial charge in [0, 0.05) is 39.3 Å². The molecule has 138 valence electrons. The standard InChI is InChI=1S/C15H24N6O4/c1-4-18(5-2)13-12(21(23)24)14(17-11-16-13)19-7-9-20(10-8-19)15(22)25-6-3/h11H,4-10H2,1-3H3. The number of anilines is 2. The van der Waals surface area contributed by atoms with Crippen molar-refractivity contribution in [2.45, 2.75) is 20.8 Å². The van der Waals surface area contributed by atoms with Crippen LogP contribution in [0.5, 0.6) is 0 Å². The van der Waals surface area contributed by atoms with Gasteiger partial charge >= 0.3 is 11.8 Å². The molecule has 0 bridgehead atoms. The fraction of sp³-hybridized carbons (Fsp3) is 0.667. The summed E-state index contributed by atoms with van der Waals surface area (Å²) in [5.74, 6) is 0.623. The fourth-order valence-corrected chi connectivity index (χ4v) is 2.83. The summed E-state index contributed by atoms with van der Waals surface area (Å²) < 4.78 is 4.99. The van der Waals surface area contributed by atoms with Crippen molar-refractivity contribution in [1.82, 2.24) is 14.9 Å². The maximum Gasteiger partial charge on any atom is 0.409 e. The van der Waals surface area contributed by atoms with E-state index in [9.17, 15) is 14.9 Å². The highest BCUT2D eigenvalue weighted by Gasteiger charge is 2.31. The Kier molecular flexibility index (Phi) is 6.31. The Morgan fingerprint density at radius 1 is 1.24 bits per heavy atom. The third-order valence-corrected chi connectivity index (χ3v) is 4.13. The van der Waals surface area contributed by atoms with E-state index in [2.05, 4.69) is 9.97 Å². The summed E-state index contributed by atoms with van der Waals surface area (Å²) in [6.07, 6.45) is 0.997. The molecule has 1 aromatic heterocycles. The van der Waals surface area contributed by atoms with Crippen LogP contribution in [0.4, 0.5) is 22.1 Å². The Labute approximate surface area is 146 Å². The van der Waals surface area contributed by atoms with Crippen LogP contribution in [0.15, 0.2) is 6.33 Å². The van der Waals surface area contributed by atoms with Crippen LogP contribution in [0, 0.1) is 10.1 Å². The van der Waals surface area contributed by atoms with Crippen molar-refractivity contribution in [3.63, 3.8) is 0 Å². The number of nitrogens with zero attached hydrogens (tertiary/aromatic N) is 6. The second-order valence-corrected chi connectivity index (χ2v) is 5.47. The number of hydrogen-bond donors (Lipinski definition) is 0. The van der Waals surface area contributed by atoms with E-state index in [1.165, 1.54) is 6.33 Å². The third kappa shape index (κ3) is 4.06. The Bertz CT molecular complexity index is 614. The summed E-state index contributed by atoms with van der Waals surface area (Å²) in [6.45, 7) is 8.93. The van der Waals surface area contributed by atoms with Gasteiger partial charge in [-0.3, -0.25) is 10.1 Å². The van der Waals surface area contributed by atoms with Crippen molar-refractivity contribution >= 4 is 23.4 Å². The Hall–Kier alpha value is -2.65. The van der Waals surface area contributed by atoms with E-state index < -0.39 is 4.92 Å². The average molecular weight is 352 g/mol. The van der Waals surface area contributed by atoms with Crippen LogP contribution in [-0.4, -0.2) is 71.8 Å². The fourth-order valence-electron chi connectivity index (χ4n) is 2.83. The van der Waals surface area contributed by atoms with E-state index in [1.54, 1.807) is 11.8 Å². The van der Waals surface area contributed by atoms with E-state index in [4.69, 9.17) is 4.74 Å². The van der Waals surface area contributed by atoms with Crippen molar-refractivity contribution < 1.29 is 14.5 Å². The molecule has 0 radical (unpaired) electrons. The predicted molar refractivity (Wildman–Crippen MR) is 93.1 cm³/mol. The summed E-state index contributed by atoms with van der Waals surface area (Å²) in [7, 11) is 0. The molecule has 0 unspecified atom stereocenters. The largest absolute Gasteiger partial charge is 0.450 e. The van der Waals surface area contributed by atoms with Gasteiger partial charge in [-0.1, -0.05) is 0 Å².